The summed E-state index contributed by atoms with van der Waals surface area (Å²) in [6.07, 6.45) is 3.06. The fraction of sp³-hybridized carbons (Fsp3) is 0.600. The minimum atomic E-state index is -3.48. The van der Waals surface area contributed by atoms with Gasteiger partial charge < -0.3 is 10.6 Å². The monoisotopic (exact) mass is 373 g/mol. The Morgan fingerprint density at radius 3 is 2.71 bits per heavy atom. The molecule has 2 amide bonds. The lowest BCUT2D eigenvalue weighted by Gasteiger charge is -2.34. The molecule has 0 aromatic carbocycles. The summed E-state index contributed by atoms with van der Waals surface area (Å²) in [4.78, 5) is 23.0. The Labute approximate surface area is 146 Å². The topological polar surface area (TPSA) is 95.6 Å². The number of nitrogens with zero attached hydrogens (tertiary/aromatic N) is 1. The van der Waals surface area contributed by atoms with Crippen molar-refractivity contribution in [3.63, 3.8) is 0 Å². The Balaban J connectivity index is 1.95. The molecule has 1 aliphatic heterocycles. The molecular weight excluding hydrogens is 350 g/mol. The maximum atomic E-state index is 12.7. The molecule has 1 saturated heterocycles. The number of sulfonamides is 1. The van der Waals surface area contributed by atoms with Crippen LogP contribution < -0.4 is 10.6 Å². The third kappa shape index (κ3) is 4.55. The normalized spacial score (nSPS) is 19.0. The van der Waals surface area contributed by atoms with Crippen LogP contribution in [0.25, 0.3) is 0 Å². The molecule has 1 fully saturated rings. The van der Waals surface area contributed by atoms with E-state index in [-0.39, 0.29) is 12.6 Å². The number of piperidine rings is 1. The second-order valence-corrected chi connectivity index (χ2v) is 8.67. The second-order valence-electron chi connectivity index (χ2n) is 5.60. The molecular formula is C15H23N3O4S2. The van der Waals surface area contributed by atoms with Gasteiger partial charge in [0.1, 0.15) is 4.21 Å². The van der Waals surface area contributed by atoms with Crippen molar-refractivity contribution in [2.24, 2.45) is 0 Å². The molecule has 1 aromatic rings. The first-order valence-electron chi connectivity index (χ1n) is 8.08. The average Bonchev–Trinajstić information content (AvgIpc) is 3.10. The number of hydrogen-bond donors (Lipinski definition) is 2. The maximum Gasteiger partial charge on any atom is 0.309 e. The first kappa shape index (κ1) is 18.9. The number of amides is 2. The zero-order chi connectivity index (χ0) is 17.6. The summed E-state index contributed by atoms with van der Waals surface area (Å²) >= 11 is 1.21. The van der Waals surface area contributed by atoms with Gasteiger partial charge in [-0.3, -0.25) is 9.59 Å². The fourth-order valence-corrected chi connectivity index (χ4v) is 5.62. The zero-order valence-corrected chi connectivity index (χ0v) is 15.3. The van der Waals surface area contributed by atoms with Gasteiger partial charge in [0.2, 0.25) is 0 Å². The molecule has 0 spiro atoms. The summed E-state index contributed by atoms with van der Waals surface area (Å²) < 4.78 is 27.4. The van der Waals surface area contributed by atoms with Crippen LogP contribution in [-0.4, -0.2) is 50.2 Å². The Morgan fingerprint density at radius 1 is 1.29 bits per heavy atom. The van der Waals surface area contributed by atoms with Gasteiger partial charge in [0, 0.05) is 25.7 Å². The van der Waals surface area contributed by atoms with Crippen molar-refractivity contribution in [3.8, 4) is 0 Å². The molecule has 0 bridgehead atoms. The summed E-state index contributed by atoms with van der Waals surface area (Å²) in [5.74, 6) is -1.34. The van der Waals surface area contributed by atoms with Crippen LogP contribution in [0.5, 0.6) is 0 Å². The van der Waals surface area contributed by atoms with Crippen LogP contribution >= 0.6 is 11.3 Å². The molecule has 2 rings (SSSR count). The van der Waals surface area contributed by atoms with Crippen LogP contribution in [0, 0.1) is 0 Å². The molecule has 0 radical (unpaired) electrons. The van der Waals surface area contributed by atoms with Crippen molar-refractivity contribution in [1.82, 2.24) is 14.9 Å². The molecule has 134 valence electrons. The van der Waals surface area contributed by atoms with Crippen LogP contribution in [0.1, 0.15) is 32.6 Å². The predicted molar refractivity (Wildman–Crippen MR) is 92.2 cm³/mol. The number of carbonyl (C=O) groups is 2. The Hall–Kier alpha value is -1.45. The average molecular weight is 374 g/mol. The molecule has 1 atom stereocenters. The lowest BCUT2D eigenvalue weighted by Crippen LogP contribution is -2.46. The van der Waals surface area contributed by atoms with Crippen molar-refractivity contribution in [2.75, 3.05) is 19.6 Å². The highest BCUT2D eigenvalue weighted by Gasteiger charge is 2.33. The summed E-state index contributed by atoms with van der Waals surface area (Å²) in [5.41, 5.74) is 0. The van der Waals surface area contributed by atoms with E-state index < -0.39 is 21.8 Å². The lowest BCUT2D eigenvalue weighted by atomic mass is 10.0. The number of carbonyl (C=O) groups excluding carboxylic acids is 2. The number of thiophene rings is 1. The molecule has 0 saturated carbocycles. The predicted octanol–water partition coefficient (Wildman–Crippen LogP) is 0.934. The summed E-state index contributed by atoms with van der Waals surface area (Å²) in [7, 11) is -3.48. The Kier molecular flexibility index (Phi) is 6.76. The number of likely N-dealkylation sites (N-methyl/N-ethyl adjacent to an activating group) is 1. The minimum Gasteiger partial charge on any atom is -0.348 e. The summed E-state index contributed by atoms with van der Waals surface area (Å²) in [6, 6.07) is 3.19. The third-order valence-corrected chi connectivity index (χ3v) is 7.26. The number of hydrogen-bond acceptors (Lipinski definition) is 5. The molecule has 0 aliphatic carbocycles. The highest BCUT2D eigenvalue weighted by Crippen LogP contribution is 2.28. The highest BCUT2D eigenvalue weighted by molar-refractivity contribution is 7.91. The van der Waals surface area contributed by atoms with E-state index in [1.54, 1.807) is 28.7 Å². The van der Waals surface area contributed by atoms with E-state index in [0.717, 1.165) is 19.3 Å². The molecule has 1 aliphatic rings. The quantitative estimate of drug-likeness (QED) is 0.725. The highest BCUT2D eigenvalue weighted by atomic mass is 32.2. The minimum absolute atomic E-state index is 0.152. The first-order chi connectivity index (χ1) is 11.5. The van der Waals surface area contributed by atoms with Gasteiger partial charge in [-0.25, -0.2) is 8.42 Å². The molecule has 2 N–H and O–H groups in total. The van der Waals surface area contributed by atoms with Gasteiger partial charge >= 0.3 is 11.8 Å². The van der Waals surface area contributed by atoms with Crippen LogP contribution in [-0.2, 0) is 19.6 Å². The van der Waals surface area contributed by atoms with Gasteiger partial charge in [-0.1, -0.05) is 12.5 Å². The molecule has 1 aromatic heterocycles. The smallest absolute Gasteiger partial charge is 0.309 e. The van der Waals surface area contributed by atoms with E-state index in [4.69, 9.17) is 0 Å². The fourth-order valence-electron chi connectivity index (χ4n) is 2.78. The van der Waals surface area contributed by atoms with Gasteiger partial charge in [0.05, 0.1) is 0 Å². The molecule has 7 nitrogen and oxygen atoms in total. The molecule has 24 heavy (non-hydrogen) atoms. The van der Waals surface area contributed by atoms with Gasteiger partial charge in [-0.2, -0.15) is 4.31 Å². The van der Waals surface area contributed by atoms with Crippen LogP contribution in [0.2, 0.25) is 0 Å². The van der Waals surface area contributed by atoms with E-state index >= 15 is 0 Å². The lowest BCUT2D eigenvalue weighted by molar-refractivity contribution is -0.139. The maximum absolute atomic E-state index is 12.7. The standard InChI is InChI=1S/C15H23N3O4S2/c1-2-16-14(19)15(20)17-9-8-12-6-3-4-10-18(12)24(21,22)13-7-5-11-23-13/h5,7,11-12H,2-4,6,8-10H2,1H3,(H,16,19)(H,17,20)/t12-/m0/s1. The van der Waals surface area contributed by atoms with Gasteiger partial charge in [-0.15, -0.1) is 11.3 Å². The van der Waals surface area contributed by atoms with Crippen LogP contribution in [0.3, 0.4) is 0 Å². The van der Waals surface area contributed by atoms with Crippen molar-refractivity contribution in [3.05, 3.63) is 17.5 Å². The van der Waals surface area contributed by atoms with E-state index in [2.05, 4.69) is 10.6 Å². The third-order valence-electron chi connectivity index (χ3n) is 3.94. The van der Waals surface area contributed by atoms with E-state index in [0.29, 0.717) is 23.7 Å². The van der Waals surface area contributed by atoms with Gasteiger partial charge in [0.25, 0.3) is 10.0 Å². The molecule has 2 heterocycles. The second kappa shape index (κ2) is 8.59. The Morgan fingerprint density at radius 2 is 2.04 bits per heavy atom. The molecule has 9 heteroatoms. The van der Waals surface area contributed by atoms with Crippen molar-refractivity contribution < 1.29 is 18.0 Å². The zero-order valence-electron chi connectivity index (χ0n) is 13.7. The number of nitrogens with one attached hydrogen (secondary N) is 2. The Bertz CT molecular complexity index is 658. The van der Waals surface area contributed by atoms with Crippen LogP contribution in [0.15, 0.2) is 21.7 Å². The van der Waals surface area contributed by atoms with Crippen molar-refractivity contribution in [1.29, 1.82) is 0 Å². The molecule has 0 unspecified atom stereocenters. The summed E-state index contributed by atoms with van der Waals surface area (Å²) in [5, 5.41) is 6.73. The number of rotatable bonds is 6. The first-order valence-corrected chi connectivity index (χ1v) is 10.4. The summed E-state index contributed by atoms with van der Waals surface area (Å²) in [6.45, 7) is 2.90. The largest absolute Gasteiger partial charge is 0.348 e. The van der Waals surface area contributed by atoms with Gasteiger partial charge in [-0.05, 0) is 37.6 Å². The van der Waals surface area contributed by atoms with Crippen molar-refractivity contribution >= 4 is 33.2 Å². The van der Waals surface area contributed by atoms with Gasteiger partial charge in [0.15, 0.2) is 0 Å². The van der Waals surface area contributed by atoms with E-state index in [1.165, 1.54) is 11.3 Å². The van der Waals surface area contributed by atoms with E-state index in [9.17, 15) is 18.0 Å². The van der Waals surface area contributed by atoms with E-state index in [1.807, 2.05) is 0 Å². The SMILES string of the molecule is CCNC(=O)C(=O)NCC[C@@H]1CCCCN1S(=O)(=O)c1cccs1. The van der Waals surface area contributed by atoms with Crippen LogP contribution in [0.4, 0.5) is 0 Å². The van der Waals surface area contributed by atoms with Crippen molar-refractivity contribution in [2.45, 2.75) is 42.9 Å².